The highest BCUT2D eigenvalue weighted by molar-refractivity contribution is 8.00. The maximum Gasteiger partial charge on any atom is 0.441 e. The Morgan fingerprint density at radius 1 is 1.15 bits per heavy atom. The van der Waals surface area contributed by atoms with Crippen LogP contribution in [0.1, 0.15) is 52.9 Å². The van der Waals surface area contributed by atoms with Crippen LogP contribution in [0, 0.1) is 16.7 Å². The van der Waals surface area contributed by atoms with Crippen LogP contribution in [-0.4, -0.2) is 24.9 Å². The van der Waals surface area contributed by atoms with Crippen molar-refractivity contribution in [2.75, 3.05) is 19.3 Å². The lowest BCUT2D eigenvalue weighted by Crippen LogP contribution is -2.39. The maximum absolute atomic E-state index is 12.3. The average molecular weight is 311 g/mol. The number of alkyl halides is 3. The van der Waals surface area contributed by atoms with Gasteiger partial charge in [0, 0.05) is 12.3 Å². The highest BCUT2D eigenvalue weighted by atomic mass is 32.2. The van der Waals surface area contributed by atoms with Crippen molar-refractivity contribution in [3.63, 3.8) is 0 Å². The third kappa shape index (κ3) is 5.84. The molecular weight excluding hydrogens is 283 g/mol. The van der Waals surface area contributed by atoms with E-state index in [9.17, 15) is 13.2 Å². The van der Waals surface area contributed by atoms with Crippen molar-refractivity contribution in [1.82, 2.24) is 5.32 Å². The Labute approximate surface area is 125 Å². The van der Waals surface area contributed by atoms with Gasteiger partial charge in [0.2, 0.25) is 0 Å². The van der Waals surface area contributed by atoms with Crippen LogP contribution in [0.3, 0.4) is 0 Å². The van der Waals surface area contributed by atoms with Crippen molar-refractivity contribution in [3.8, 4) is 0 Å². The summed E-state index contributed by atoms with van der Waals surface area (Å²) in [6, 6.07) is 0. The summed E-state index contributed by atoms with van der Waals surface area (Å²) in [7, 11) is 1.90. The highest BCUT2D eigenvalue weighted by Crippen LogP contribution is 2.47. The van der Waals surface area contributed by atoms with Gasteiger partial charge in [-0.15, -0.1) is 0 Å². The second kappa shape index (κ2) is 6.91. The smallest absolute Gasteiger partial charge is 0.319 e. The Hall–Kier alpha value is 0.100. The Morgan fingerprint density at radius 2 is 1.70 bits per heavy atom. The van der Waals surface area contributed by atoms with Crippen LogP contribution >= 0.6 is 11.8 Å². The van der Waals surface area contributed by atoms with Crippen molar-refractivity contribution in [1.29, 1.82) is 0 Å². The molecule has 1 aliphatic rings. The molecule has 0 atom stereocenters. The summed E-state index contributed by atoms with van der Waals surface area (Å²) < 4.78 is 36.9. The molecule has 1 rings (SSSR count). The summed E-state index contributed by atoms with van der Waals surface area (Å²) in [4.78, 5) is 0. The fourth-order valence-electron chi connectivity index (χ4n) is 3.37. The van der Waals surface area contributed by atoms with Crippen molar-refractivity contribution in [2.24, 2.45) is 16.7 Å². The zero-order valence-electron chi connectivity index (χ0n) is 13.1. The van der Waals surface area contributed by atoms with Crippen molar-refractivity contribution < 1.29 is 13.2 Å². The number of rotatable bonds is 5. The van der Waals surface area contributed by atoms with Gasteiger partial charge in [-0.1, -0.05) is 32.5 Å². The van der Waals surface area contributed by atoms with Crippen LogP contribution in [-0.2, 0) is 0 Å². The molecule has 0 aliphatic heterocycles. The minimum atomic E-state index is -4.09. The molecule has 0 amide bonds. The molecule has 5 heteroatoms. The number of halogens is 3. The normalized spacial score (nSPS) is 28.6. The fraction of sp³-hybridized carbons (Fsp3) is 1.00. The van der Waals surface area contributed by atoms with Crippen LogP contribution in [0.15, 0.2) is 0 Å². The van der Waals surface area contributed by atoms with E-state index in [1.165, 1.54) is 0 Å². The molecule has 1 N–H and O–H groups in total. The van der Waals surface area contributed by atoms with Gasteiger partial charge in [-0.25, -0.2) is 0 Å². The van der Waals surface area contributed by atoms with Gasteiger partial charge in [-0.3, -0.25) is 0 Å². The molecule has 0 saturated heterocycles. The molecule has 0 bridgehead atoms. The minimum absolute atomic E-state index is 0.0642. The predicted octanol–water partition coefficient (Wildman–Crippen LogP) is 5.07. The average Bonchev–Trinajstić information content (AvgIpc) is 2.27. The van der Waals surface area contributed by atoms with Gasteiger partial charge in [0.05, 0.1) is 0 Å². The first-order valence-electron chi connectivity index (χ1n) is 7.43. The van der Waals surface area contributed by atoms with E-state index in [0.717, 1.165) is 32.2 Å². The van der Waals surface area contributed by atoms with E-state index in [1.807, 2.05) is 7.05 Å². The third-order valence-electron chi connectivity index (χ3n) is 4.72. The molecule has 20 heavy (non-hydrogen) atoms. The number of hydrogen-bond acceptors (Lipinski definition) is 2. The zero-order valence-corrected chi connectivity index (χ0v) is 13.9. The van der Waals surface area contributed by atoms with Crippen LogP contribution in [0.25, 0.3) is 0 Å². The standard InChI is InChI=1S/C15H28F3NS/c1-13(2,3)12-5-7-14(8-6-12,11-19-4)9-10-20-15(16,17)18/h12,19H,5-11H2,1-4H3. The predicted molar refractivity (Wildman–Crippen MR) is 80.9 cm³/mol. The molecular formula is C15H28F3NS. The van der Waals surface area contributed by atoms with Crippen LogP contribution in [0.5, 0.6) is 0 Å². The molecule has 1 saturated carbocycles. The molecule has 0 radical (unpaired) electrons. The summed E-state index contributed by atoms with van der Waals surface area (Å²) in [5.41, 5.74) is -3.72. The summed E-state index contributed by atoms with van der Waals surface area (Å²) in [6.45, 7) is 7.63. The second-order valence-corrected chi connectivity index (χ2v) is 8.37. The first-order valence-corrected chi connectivity index (χ1v) is 8.42. The summed E-state index contributed by atoms with van der Waals surface area (Å²) in [5.74, 6) is 0.883. The van der Waals surface area contributed by atoms with Crippen LogP contribution in [0.4, 0.5) is 13.2 Å². The molecule has 0 spiro atoms. The van der Waals surface area contributed by atoms with Crippen LogP contribution in [0.2, 0.25) is 0 Å². The minimum Gasteiger partial charge on any atom is -0.319 e. The van der Waals surface area contributed by atoms with E-state index in [2.05, 4.69) is 26.1 Å². The lowest BCUT2D eigenvalue weighted by molar-refractivity contribution is -0.0330. The van der Waals surface area contributed by atoms with Gasteiger partial charge >= 0.3 is 5.51 Å². The molecule has 0 aromatic carbocycles. The quantitative estimate of drug-likeness (QED) is 0.760. The number of nitrogens with one attached hydrogen (secondary N) is 1. The van der Waals surface area contributed by atoms with Gasteiger partial charge in [0.1, 0.15) is 0 Å². The van der Waals surface area contributed by atoms with Crippen molar-refractivity contribution >= 4 is 11.8 Å². The van der Waals surface area contributed by atoms with Crippen molar-refractivity contribution in [2.45, 2.75) is 58.4 Å². The van der Waals surface area contributed by atoms with Gasteiger partial charge in [-0.2, -0.15) is 13.2 Å². The molecule has 120 valence electrons. The summed E-state index contributed by atoms with van der Waals surface area (Å²) in [5, 5.41) is 3.19. The monoisotopic (exact) mass is 311 g/mol. The molecule has 1 fully saturated rings. The molecule has 1 nitrogen and oxygen atoms in total. The van der Waals surface area contributed by atoms with E-state index >= 15 is 0 Å². The zero-order chi connectivity index (χ0) is 15.4. The Bertz CT molecular complexity index is 283. The van der Waals surface area contributed by atoms with Gasteiger partial charge < -0.3 is 5.32 Å². The molecule has 0 heterocycles. The largest absolute Gasteiger partial charge is 0.441 e. The molecule has 0 aromatic rings. The SMILES string of the molecule is CNCC1(CCSC(F)(F)F)CCC(C(C)(C)C)CC1. The van der Waals surface area contributed by atoms with E-state index in [4.69, 9.17) is 0 Å². The van der Waals surface area contributed by atoms with E-state index in [1.54, 1.807) is 0 Å². The van der Waals surface area contributed by atoms with E-state index in [-0.39, 0.29) is 22.9 Å². The maximum atomic E-state index is 12.3. The van der Waals surface area contributed by atoms with Gasteiger partial charge in [-0.05, 0) is 55.9 Å². The third-order valence-corrected chi connectivity index (χ3v) is 5.46. The number of hydrogen-bond donors (Lipinski definition) is 1. The first kappa shape index (κ1) is 18.1. The topological polar surface area (TPSA) is 12.0 Å². The van der Waals surface area contributed by atoms with Crippen molar-refractivity contribution in [3.05, 3.63) is 0 Å². The summed E-state index contributed by atoms with van der Waals surface area (Å²) >= 11 is 0.130. The fourth-order valence-corrected chi connectivity index (χ4v) is 4.14. The highest BCUT2D eigenvalue weighted by Gasteiger charge is 2.39. The molecule has 0 aromatic heterocycles. The molecule has 0 unspecified atom stereocenters. The Balaban J connectivity index is 2.53. The lowest BCUT2D eigenvalue weighted by atomic mass is 9.63. The Kier molecular flexibility index (Phi) is 6.27. The number of thioether (sulfide) groups is 1. The van der Waals surface area contributed by atoms with Gasteiger partial charge in [0.25, 0.3) is 0 Å². The van der Waals surface area contributed by atoms with Gasteiger partial charge in [0.15, 0.2) is 0 Å². The first-order chi connectivity index (χ1) is 9.08. The van der Waals surface area contributed by atoms with E-state index in [0.29, 0.717) is 17.8 Å². The lowest BCUT2D eigenvalue weighted by Gasteiger charge is -2.44. The Morgan fingerprint density at radius 3 is 2.10 bits per heavy atom. The molecule has 1 aliphatic carbocycles. The van der Waals surface area contributed by atoms with Crippen LogP contribution < -0.4 is 5.32 Å². The second-order valence-electron chi connectivity index (χ2n) is 7.21. The summed E-state index contributed by atoms with van der Waals surface area (Å²) in [6.07, 6.45) is 5.04. The van der Waals surface area contributed by atoms with E-state index < -0.39 is 5.51 Å².